The van der Waals surface area contributed by atoms with Gasteiger partial charge in [0.2, 0.25) is 15.0 Å². The molecule has 1 saturated heterocycles. The SMILES string of the molecule is O=C1CCCc2ccc(N3CC(CS(=O)(=O)Cl)CC3=O)cc21. The Morgan fingerprint density at radius 1 is 1.23 bits per heavy atom. The van der Waals surface area contributed by atoms with Crippen molar-refractivity contribution >= 4 is 37.1 Å². The first kappa shape index (κ1) is 15.5. The Kier molecular flexibility index (Phi) is 3.99. The number of anilines is 1. The first-order valence-electron chi connectivity index (χ1n) is 7.22. The van der Waals surface area contributed by atoms with Crippen LogP contribution in [0.3, 0.4) is 0 Å². The molecule has 1 aromatic carbocycles. The zero-order valence-electron chi connectivity index (χ0n) is 11.9. The number of rotatable bonds is 3. The molecule has 0 saturated carbocycles. The molecule has 1 heterocycles. The van der Waals surface area contributed by atoms with Gasteiger partial charge in [0.05, 0.1) is 5.75 Å². The van der Waals surface area contributed by atoms with Gasteiger partial charge in [0.15, 0.2) is 5.78 Å². The van der Waals surface area contributed by atoms with Gasteiger partial charge in [-0.15, -0.1) is 0 Å². The summed E-state index contributed by atoms with van der Waals surface area (Å²) >= 11 is 0. The number of amides is 1. The highest BCUT2D eigenvalue weighted by molar-refractivity contribution is 8.13. The van der Waals surface area contributed by atoms with Crippen LogP contribution in [-0.4, -0.2) is 32.4 Å². The fourth-order valence-corrected chi connectivity index (χ4v) is 4.53. The quantitative estimate of drug-likeness (QED) is 0.789. The van der Waals surface area contributed by atoms with Crippen molar-refractivity contribution in [2.75, 3.05) is 17.2 Å². The van der Waals surface area contributed by atoms with Crippen LogP contribution in [-0.2, 0) is 20.3 Å². The van der Waals surface area contributed by atoms with E-state index in [1.165, 1.54) is 0 Å². The number of fused-ring (bicyclic) bond motifs is 1. The zero-order chi connectivity index (χ0) is 15.9. The Morgan fingerprint density at radius 2 is 2.00 bits per heavy atom. The maximum absolute atomic E-state index is 12.1. The Balaban J connectivity index is 1.84. The van der Waals surface area contributed by atoms with Crippen LogP contribution in [0.2, 0.25) is 0 Å². The Morgan fingerprint density at radius 3 is 2.73 bits per heavy atom. The maximum Gasteiger partial charge on any atom is 0.232 e. The van der Waals surface area contributed by atoms with Crippen molar-refractivity contribution in [2.45, 2.75) is 25.7 Å². The molecule has 1 unspecified atom stereocenters. The Hall–Kier alpha value is -1.40. The number of Topliss-reactive ketones (excluding diaryl/α,β-unsaturated/α-hetero) is 1. The summed E-state index contributed by atoms with van der Waals surface area (Å²) < 4.78 is 22.3. The highest BCUT2D eigenvalue weighted by atomic mass is 35.7. The highest BCUT2D eigenvalue weighted by Crippen LogP contribution is 2.30. The van der Waals surface area contributed by atoms with Crippen molar-refractivity contribution in [3.63, 3.8) is 0 Å². The second-order valence-electron chi connectivity index (χ2n) is 5.90. The lowest BCUT2D eigenvalue weighted by atomic mass is 9.90. The smallest absolute Gasteiger partial charge is 0.232 e. The number of ketones is 1. The summed E-state index contributed by atoms with van der Waals surface area (Å²) in [4.78, 5) is 25.7. The molecule has 1 atom stereocenters. The monoisotopic (exact) mass is 341 g/mol. The molecule has 1 amide bonds. The van der Waals surface area contributed by atoms with E-state index in [9.17, 15) is 18.0 Å². The lowest BCUT2D eigenvalue weighted by Gasteiger charge is -2.21. The number of aryl methyl sites for hydroxylation is 1. The molecule has 0 N–H and O–H groups in total. The topological polar surface area (TPSA) is 71.5 Å². The van der Waals surface area contributed by atoms with E-state index in [-0.39, 0.29) is 29.8 Å². The van der Waals surface area contributed by atoms with E-state index in [2.05, 4.69) is 0 Å². The molecule has 118 valence electrons. The van der Waals surface area contributed by atoms with E-state index in [4.69, 9.17) is 10.7 Å². The summed E-state index contributed by atoms with van der Waals surface area (Å²) in [5.74, 6) is -0.536. The van der Waals surface area contributed by atoms with E-state index < -0.39 is 9.05 Å². The van der Waals surface area contributed by atoms with Crippen molar-refractivity contribution in [2.24, 2.45) is 5.92 Å². The van der Waals surface area contributed by atoms with E-state index in [0.29, 0.717) is 24.2 Å². The fraction of sp³-hybridized carbons (Fsp3) is 0.467. The van der Waals surface area contributed by atoms with Crippen LogP contribution in [0.5, 0.6) is 0 Å². The van der Waals surface area contributed by atoms with Gasteiger partial charge in [-0.2, -0.15) is 0 Å². The van der Waals surface area contributed by atoms with Crippen LogP contribution >= 0.6 is 10.7 Å². The van der Waals surface area contributed by atoms with Crippen molar-refractivity contribution in [3.05, 3.63) is 29.3 Å². The van der Waals surface area contributed by atoms with Gasteiger partial charge in [-0.05, 0) is 30.5 Å². The predicted molar refractivity (Wildman–Crippen MR) is 83.8 cm³/mol. The third-order valence-corrected chi connectivity index (χ3v) is 5.44. The van der Waals surface area contributed by atoms with Crippen molar-refractivity contribution in [1.29, 1.82) is 0 Å². The van der Waals surface area contributed by atoms with Gasteiger partial charge in [0.1, 0.15) is 0 Å². The number of carbonyl (C=O) groups excluding carboxylic acids is 2. The Bertz CT molecular complexity index is 744. The molecule has 3 rings (SSSR count). The van der Waals surface area contributed by atoms with Crippen LogP contribution in [0, 0.1) is 5.92 Å². The number of hydrogen-bond acceptors (Lipinski definition) is 4. The molecular formula is C15H16ClNO4S. The van der Waals surface area contributed by atoms with Crippen LogP contribution < -0.4 is 4.90 Å². The van der Waals surface area contributed by atoms with Crippen molar-refractivity contribution in [3.8, 4) is 0 Å². The van der Waals surface area contributed by atoms with E-state index in [1.807, 2.05) is 12.1 Å². The summed E-state index contributed by atoms with van der Waals surface area (Å²) in [5.41, 5.74) is 2.37. The van der Waals surface area contributed by atoms with E-state index in [1.54, 1.807) is 11.0 Å². The summed E-state index contributed by atoms with van der Waals surface area (Å²) in [5, 5.41) is 0. The van der Waals surface area contributed by atoms with Crippen LogP contribution in [0.1, 0.15) is 35.2 Å². The minimum Gasteiger partial charge on any atom is -0.312 e. The molecule has 1 fully saturated rings. The molecule has 1 aromatic rings. The van der Waals surface area contributed by atoms with Gasteiger partial charge in [-0.3, -0.25) is 9.59 Å². The minimum atomic E-state index is -3.62. The highest BCUT2D eigenvalue weighted by Gasteiger charge is 2.33. The summed E-state index contributed by atoms with van der Waals surface area (Å²) in [7, 11) is 1.65. The molecule has 1 aliphatic heterocycles. The molecule has 0 radical (unpaired) electrons. The Labute approximate surface area is 133 Å². The second-order valence-corrected chi connectivity index (χ2v) is 8.72. The number of benzene rings is 1. The largest absolute Gasteiger partial charge is 0.312 e. The molecule has 0 bridgehead atoms. The van der Waals surface area contributed by atoms with Gasteiger partial charge < -0.3 is 4.90 Å². The van der Waals surface area contributed by atoms with Crippen molar-refractivity contribution in [1.82, 2.24) is 0 Å². The van der Waals surface area contributed by atoms with Gasteiger partial charge in [0, 0.05) is 47.2 Å². The summed E-state index contributed by atoms with van der Waals surface area (Å²) in [6.07, 6.45) is 2.44. The van der Waals surface area contributed by atoms with Crippen molar-refractivity contribution < 1.29 is 18.0 Å². The maximum atomic E-state index is 12.1. The first-order chi connectivity index (χ1) is 10.3. The first-order valence-corrected chi connectivity index (χ1v) is 9.70. The molecule has 5 nitrogen and oxygen atoms in total. The molecule has 7 heteroatoms. The molecule has 2 aliphatic rings. The van der Waals surface area contributed by atoms with Crippen LogP contribution in [0.15, 0.2) is 18.2 Å². The van der Waals surface area contributed by atoms with Gasteiger partial charge in [0.25, 0.3) is 0 Å². The fourth-order valence-electron chi connectivity index (χ4n) is 3.21. The molecule has 0 aromatic heterocycles. The molecule has 22 heavy (non-hydrogen) atoms. The standard InChI is InChI=1S/C15H16ClNO4S/c16-22(20,21)9-10-6-15(19)17(8-10)12-5-4-11-2-1-3-14(18)13(11)7-12/h4-5,7,10H,1-3,6,8-9H2. The van der Waals surface area contributed by atoms with E-state index >= 15 is 0 Å². The molecule has 1 aliphatic carbocycles. The van der Waals surface area contributed by atoms with Gasteiger partial charge in [-0.25, -0.2) is 8.42 Å². The number of nitrogens with zero attached hydrogens (tertiary/aromatic N) is 1. The normalized spacial score (nSPS) is 22.0. The number of carbonyl (C=O) groups is 2. The van der Waals surface area contributed by atoms with Gasteiger partial charge >= 0.3 is 0 Å². The number of halogens is 1. The summed E-state index contributed by atoms with van der Waals surface area (Å²) in [6.45, 7) is 0.317. The molecule has 0 spiro atoms. The summed E-state index contributed by atoms with van der Waals surface area (Å²) in [6, 6.07) is 5.47. The predicted octanol–water partition coefficient (Wildman–Crippen LogP) is 2.13. The van der Waals surface area contributed by atoms with E-state index in [0.717, 1.165) is 18.4 Å². The third-order valence-electron chi connectivity index (χ3n) is 4.20. The van der Waals surface area contributed by atoms with Crippen LogP contribution in [0.25, 0.3) is 0 Å². The average Bonchev–Trinajstić information content (AvgIpc) is 2.77. The molecular weight excluding hydrogens is 326 g/mol. The minimum absolute atomic E-state index is 0.106. The lowest BCUT2D eigenvalue weighted by molar-refractivity contribution is -0.117. The van der Waals surface area contributed by atoms with Gasteiger partial charge in [-0.1, -0.05) is 6.07 Å². The number of hydrogen-bond donors (Lipinski definition) is 0. The van der Waals surface area contributed by atoms with Crippen LogP contribution in [0.4, 0.5) is 5.69 Å². The second kappa shape index (κ2) is 5.66. The lowest BCUT2D eigenvalue weighted by Crippen LogP contribution is -2.26. The average molecular weight is 342 g/mol. The zero-order valence-corrected chi connectivity index (χ0v) is 13.5. The third kappa shape index (κ3) is 3.17.